The number of phosphoric acid groups is 1. The first kappa shape index (κ1) is 76.8. The summed E-state index contributed by atoms with van der Waals surface area (Å²) >= 11 is 0. The second kappa shape index (κ2) is 58.9. The molecule has 10 heteroatoms. The zero-order valence-corrected chi connectivity index (χ0v) is 54.1. The summed E-state index contributed by atoms with van der Waals surface area (Å²) in [4.78, 5) is 37.8. The minimum Gasteiger partial charge on any atom is -0.456 e. The van der Waals surface area contributed by atoms with Gasteiger partial charge in [0.15, 0.2) is 0 Å². The molecule has 0 radical (unpaired) electrons. The fourth-order valence-electron chi connectivity index (χ4n) is 10.7. The van der Waals surface area contributed by atoms with Gasteiger partial charge in [0.05, 0.1) is 33.8 Å². The van der Waals surface area contributed by atoms with Crippen molar-refractivity contribution in [3.63, 3.8) is 0 Å². The van der Waals surface area contributed by atoms with Crippen LogP contribution in [0.3, 0.4) is 0 Å². The van der Waals surface area contributed by atoms with Crippen LogP contribution in [0, 0.1) is 0 Å². The highest BCUT2D eigenvalue weighted by Crippen LogP contribution is 2.43. The van der Waals surface area contributed by atoms with Crippen LogP contribution in [0.5, 0.6) is 0 Å². The molecule has 0 aliphatic rings. The van der Waals surface area contributed by atoms with Crippen molar-refractivity contribution in [2.75, 3.05) is 40.9 Å². The van der Waals surface area contributed by atoms with Gasteiger partial charge in [-0.05, 0) is 31.8 Å². The Labute approximate surface area is 486 Å². The van der Waals surface area contributed by atoms with E-state index in [1.54, 1.807) is 0 Å². The van der Waals surface area contributed by atoms with Gasteiger partial charge in [0.1, 0.15) is 19.3 Å². The van der Waals surface area contributed by atoms with Crippen molar-refractivity contribution in [2.45, 2.75) is 373 Å². The summed E-state index contributed by atoms with van der Waals surface area (Å²) < 4.78 is 30.8. The Morgan fingerprint density at radius 3 is 1.05 bits per heavy atom. The lowest BCUT2D eigenvalue weighted by Crippen LogP contribution is -2.47. The molecule has 0 bridgehead atoms. The first-order valence-electron chi connectivity index (χ1n) is 34.5. The minimum atomic E-state index is -4.44. The zero-order chi connectivity index (χ0) is 57.2. The van der Waals surface area contributed by atoms with Crippen LogP contribution >= 0.6 is 7.82 Å². The Morgan fingerprint density at radius 1 is 0.436 bits per heavy atom. The molecule has 0 rings (SSSR count). The highest BCUT2D eigenvalue weighted by atomic mass is 31.2. The van der Waals surface area contributed by atoms with Crippen LogP contribution in [0.1, 0.15) is 361 Å². The third kappa shape index (κ3) is 59.4. The number of hydrogen-bond donors (Lipinski definition) is 2. The van der Waals surface area contributed by atoms with Crippen molar-refractivity contribution in [3.8, 4) is 0 Å². The molecule has 0 aliphatic carbocycles. The number of carbonyl (C=O) groups excluding carboxylic acids is 2. The number of allylic oxidation sites excluding steroid dienone is 1. The lowest BCUT2D eigenvalue weighted by molar-refractivity contribution is -0.870. The number of carbonyl (C=O) groups is 2. The van der Waals surface area contributed by atoms with Crippen LogP contribution < -0.4 is 5.32 Å². The van der Waals surface area contributed by atoms with Gasteiger partial charge in [0.25, 0.3) is 0 Å². The summed E-state index contributed by atoms with van der Waals surface area (Å²) in [5.74, 6) is -0.481. The summed E-state index contributed by atoms with van der Waals surface area (Å²) in [6.45, 7) is 7.07. The van der Waals surface area contributed by atoms with Gasteiger partial charge < -0.3 is 19.4 Å². The van der Waals surface area contributed by atoms with Crippen LogP contribution in [0.2, 0.25) is 0 Å². The van der Waals surface area contributed by atoms with Gasteiger partial charge in [-0.2, -0.15) is 0 Å². The Morgan fingerprint density at radius 2 is 0.731 bits per heavy atom. The molecule has 0 saturated heterocycles. The average Bonchev–Trinajstić information content (AvgIpc) is 3.40. The zero-order valence-electron chi connectivity index (χ0n) is 53.2. The molecule has 3 unspecified atom stereocenters. The topological polar surface area (TPSA) is 111 Å². The lowest BCUT2D eigenvalue weighted by Gasteiger charge is -2.27. The molecule has 0 heterocycles. The van der Waals surface area contributed by atoms with E-state index in [1.165, 1.54) is 270 Å². The van der Waals surface area contributed by atoms with Crippen LogP contribution in [0.25, 0.3) is 0 Å². The SMILES string of the molecule is CCCCCCCCCCCC/C=C\C(OC(=O)CCCCCCCCCCCCCCCCCCCCCCCCCCCCC)C(COP(=O)(O)OCC[N+](C)(C)C)NC(=O)CCCCCCCCCCCCCCC. The third-order valence-electron chi connectivity index (χ3n) is 16.0. The number of nitrogens with one attached hydrogen (secondary N) is 1. The monoisotopic (exact) mass is 1120 g/mol. The van der Waals surface area contributed by atoms with Gasteiger partial charge in [-0.3, -0.25) is 18.6 Å². The van der Waals surface area contributed by atoms with Crippen LogP contribution in [0.4, 0.5) is 0 Å². The Balaban J connectivity index is 4.92. The molecule has 2 N–H and O–H groups in total. The van der Waals surface area contributed by atoms with Gasteiger partial charge >= 0.3 is 13.8 Å². The molecule has 1 amide bonds. The fraction of sp³-hybridized carbons (Fsp3) is 0.941. The summed E-state index contributed by atoms with van der Waals surface area (Å²) in [6, 6.07) is -0.839. The second-order valence-corrected chi connectivity index (χ2v) is 26.5. The van der Waals surface area contributed by atoms with E-state index >= 15 is 0 Å². The van der Waals surface area contributed by atoms with E-state index in [0.29, 0.717) is 23.9 Å². The number of phosphoric ester groups is 1. The van der Waals surface area contributed by atoms with E-state index in [2.05, 4.69) is 26.1 Å². The van der Waals surface area contributed by atoms with Crippen molar-refractivity contribution in [1.29, 1.82) is 0 Å². The Hall–Kier alpha value is -1.25. The number of amides is 1. The average molecular weight is 1120 g/mol. The van der Waals surface area contributed by atoms with Crippen LogP contribution in [-0.2, 0) is 27.9 Å². The van der Waals surface area contributed by atoms with Crippen LogP contribution in [-0.4, -0.2) is 74.3 Å². The molecule has 0 aromatic heterocycles. The molecule has 464 valence electrons. The molecule has 0 fully saturated rings. The highest BCUT2D eigenvalue weighted by molar-refractivity contribution is 7.47. The highest BCUT2D eigenvalue weighted by Gasteiger charge is 2.30. The predicted octanol–water partition coefficient (Wildman–Crippen LogP) is 21.5. The lowest BCUT2D eigenvalue weighted by atomic mass is 10.0. The molecule has 0 aliphatic heterocycles. The minimum absolute atomic E-state index is 0.0458. The molecular weight excluding hydrogens is 988 g/mol. The van der Waals surface area contributed by atoms with Crippen molar-refractivity contribution in [2.24, 2.45) is 0 Å². The smallest absolute Gasteiger partial charge is 0.456 e. The molecule has 0 saturated carbocycles. The maximum atomic E-state index is 13.5. The quantitative estimate of drug-likeness (QED) is 0.0205. The number of esters is 1. The van der Waals surface area contributed by atoms with E-state index in [1.807, 2.05) is 33.3 Å². The van der Waals surface area contributed by atoms with Gasteiger partial charge in [-0.25, -0.2) is 4.57 Å². The summed E-state index contributed by atoms with van der Waals surface area (Å²) in [6.07, 6.45) is 69.5. The molecule has 0 aromatic carbocycles. The third-order valence-corrected chi connectivity index (χ3v) is 17.0. The number of unbranched alkanes of at least 4 members (excludes halogenated alkanes) is 48. The fourth-order valence-corrected chi connectivity index (χ4v) is 11.4. The van der Waals surface area contributed by atoms with Crippen molar-refractivity contribution in [3.05, 3.63) is 12.2 Å². The van der Waals surface area contributed by atoms with Crippen molar-refractivity contribution >= 4 is 19.7 Å². The van der Waals surface area contributed by atoms with Crippen molar-refractivity contribution in [1.82, 2.24) is 5.32 Å². The Bertz CT molecular complexity index is 1340. The normalized spacial score (nSPS) is 13.6. The number of quaternary nitrogens is 1. The van der Waals surface area contributed by atoms with E-state index in [-0.39, 0.29) is 25.1 Å². The number of hydrogen-bond acceptors (Lipinski definition) is 6. The standard InChI is InChI=1S/C68H135N2O7P/c1-7-10-13-16-19-22-25-28-29-30-31-32-33-34-35-36-37-38-39-40-41-43-46-49-52-55-58-61-68(72)77-66(59-56-53-50-47-44-27-24-21-18-15-12-9-3)65(64-76-78(73,74)75-63-62-70(4,5)6)69-67(71)60-57-54-51-48-45-42-26-23-20-17-14-11-8-2/h56,59,65-66H,7-55,57-58,60-64H2,1-6H3,(H-,69,71,73,74)/p+1/b59-56-. The molecule has 9 nitrogen and oxygen atoms in total. The van der Waals surface area contributed by atoms with E-state index in [4.69, 9.17) is 13.8 Å². The van der Waals surface area contributed by atoms with E-state index < -0.39 is 20.0 Å². The van der Waals surface area contributed by atoms with Crippen LogP contribution in [0.15, 0.2) is 12.2 Å². The van der Waals surface area contributed by atoms with Crippen molar-refractivity contribution < 1.29 is 37.3 Å². The molecule has 3 atom stereocenters. The van der Waals surface area contributed by atoms with Gasteiger partial charge in [0, 0.05) is 12.8 Å². The van der Waals surface area contributed by atoms with Gasteiger partial charge in [-0.1, -0.05) is 329 Å². The van der Waals surface area contributed by atoms with E-state index in [9.17, 15) is 19.0 Å². The molecular formula is C68H136N2O7P+. The number of likely N-dealkylation sites (N-methyl/N-ethyl adjacent to an activating group) is 1. The summed E-state index contributed by atoms with van der Waals surface area (Å²) in [7, 11) is 1.52. The maximum Gasteiger partial charge on any atom is 0.472 e. The summed E-state index contributed by atoms with van der Waals surface area (Å²) in [5.41, 5.74) is 0. The molecule has 78 heavy (non-hydrogen) atoms. The van der Waals surface area contributed by atoms with Gasteiger partial charge in [-0.15, -0.1) is 0 Å². The largest absolute Gasteiger partial charge is 0.472 e. The first-order chi connectivity index (χ1) is 37.9. The Kier molecular flexibility index (Phi) is 58.0. The molecule has 0 aromatic rings. The van der Waals surface area contributed by atoms with Gasteiger partial charge in [0.2, 0.25) is 5.91 Å². The summed E-state index contributed by atoms with van der Waals surface area (Å²) in [5, 5.41) is 3.07. The maximum absolute atomic E-state index is 13.5. The number of rotatable bonds is 64. The first-order valence-corrected chi connectivity index (χ1v) is 36.0. The number of ether oxygens (including phenoxy) is 1. The number of nitrogens with zero attached hydrogens (tertiary/aromatic N) is 1. The molecule has 0 spiro atoms. The van der Waals surface area contributed by atoms with E-state index in [0.717, 1.165) is 57.8 Å². The predicted molar refractivity (Wildman–Crippen MR) is 337 cm³/mol. The second-order valence-electron chi connectivity index (χ2n) is 25.1.